The van der Waals surface area contributed by atoms with E-state index in [1.807, 2.05) is 0 Å². The van der Waals surface area contributed by atoms with Crippen LogP contribution in [0, 0.1) is 13.7 Å². The minimum Gasteiger partial charge on any atom is -0.501 e. The Morgan fingerprint density at radius 1 is 1.58 bits per heavy atom. The zero-order valence-electron chi connectivity index (χ0n) is 5.62. The number of rotatable bonds is 1. The van der Waals surface area contributed by atoms with Gasteiger partial charge in [0.25, 0.3) is 0 Å². The van der Waals surface area contributed by atoms with Crippen molar-refractivity contribution in [3.8, 4) is 5.75 Å². The van der Waals surface area contributed by atoms with Crippen molar-refractivity contribution < 1.29 is 10.0 Å². The molecule has 12 heavy (non-hydrogen) atoms. The Kier molecular flexibility index (Phi) is 2.73. The Labute approximate surface area is 86.4 Å². The molecule has 0 aliphatic rings. The topological polar surface area (TPSA) is 63.4 Å². The maximum Gasteiger partial charge on any atom is 0.313 e. The Bertz CT molecular complexity index is 342. The van der Waals surface area contributed by atoms with Gasteiger partial charge in [0.15, 0.2) is 0 Å². The monoisotopic (exact) mass is 299 g/mol. The second kappa shape index (κ2) is 3.44. The predicted octanol–water partition coefficient (Wildman–Crippen LogP) is 2.56. The van der Waals surface area contributed by atoms with E-state index in [1.165, 1.54) is 6.07 Å². The molecule has 0 aromatic heterocycles. The number of nitrogens with zero attached hydrogens (tertiary/aromatic N) is 1. The van der Waals surface area contributed by atoms with Crippen molar-refractivity contribution >= 4 is 39.9 Å². The molecule has 0 amide bonds. The quantitative estimate of drug-likeness (QED) is 0.492. The SMILES string of the molecule is O=[N+]([O-])c1cc(Cl)cc(I)c1O. The first kappa shape index (κ1) is 9.53. The Hall–Kier alpha value is -0.560. The number of hydrogen-bond donors (Lipinski definition) is 1. The molecule has 1 aromatic carbocycles. The van der Waals surface area contributed by atoms with Crippen molar-refractivity contribution in [2.24, 2.45) is 0 Å². The summed E-state index contributed by atoms with van der Waals surface area (Å²) in [7, 11) is 0. The summed E-state index contributed by atoms with van der Waals surface area (Å²) in [5.74, 6) is -0.343. The Morgan fingerprint density at radius 3 is 2.67 bits per heavy atom. The molecule has 1 N–H and O–H groups in total. The van der Waals surface area contributed by atoms with Crippen molar-refractivity contribution in [3.63, 3.8) is 0 Å². The van der Waals surface area contributed by atoms with Crippen LogP contribution in [0.15, 0.2) is 12.1 Å². The Balaban J connectivity index is 3.37. The minimum absolute atomic E-state index is 0.240. The summed E-state index contributed by atoms with van der Waals surface area (Å²) in [4.78, 5) is 9.63. The number of aromatic hydroxyl groups is 1. The standard InChI is InChI=1S/C6H3ClINO3/c7-3-1-4(8)6(10)5(2-3)9(11)12/h1-2,10H. The molecule has 0 aliphatic carbocycles. The molecule has 0 saturated heterocycles. The number of phenols is 1. The number of nitro groups is 1. The second-order valence-corrected chi connectivity index (χ2v) is 3.61. The molecular weight excluding hydrogens is 296 g/mol. The molecule has 4 nitrogen and oxygen atoms in total. The molecule has 0 radical (unpaired) electrons. The molecule has 1 aromatic rings. The molecule has 0 bridgehead atoms. The summed E-state index contributed by atoms with van der Waals surface area (Å²) in [5, 5.41) is 19.7. The third kappa shape index (κ3) is 1.78. The normalized spacial score (nSPS) is 9.83. The van der Waals surface area contributed by atoms with Gasteiger partial charge in [-0.05, 0) is 28.7 Å². The molecule has 0 aliphatic heterocycles. The fourth-order valence-corrected chi connectivity index (χ4v) is 1.70. The molecule has 0 atom stereocenters. The van der Waals surface area contributed by atoms with E-state index in [2.05, 4.69) is 0 Å². The van der Waals surface area contributed by atoms with Gasteiger partial charge in [-0.1, -0.05) is 11.6 Å². The molecule has 0 fully saturated rings. The van der Waals surface area contributed by atoms with Crippen LogP contribution in [-0.2, 0) is 0 Å². The highest BCUT2D eigenvalue weighted by Crippen LogP contribution is 2.33. The van der Waals surface area contributed by atoms with Gasteiger partial charge in [-0.25, -0.2) is 0 Å². The van der Waals surface area contributed by atoms with Gasteiger partial charge >= 0.3 is 5.69 Å². The molecule has 6 heteroatoms. The molecule has 0 saturated carbocycles. The lowest BCUT2D eigenvalue weighted by atomic mass is 10.3. The van der Waals surface area contributed by atoms with E-state index in [9.17, 15) is 15.2 Å². The van der Waals surface area contributed by atoms with Crippen molar-refractivity contribution in [2.75, 3.05) is 0 Å². The van der Waals surface area contributed by atoms with Gasteiger partial charge in [0.1, 0.15) is 0 Å². The maximum absolute atomic E-state index is 10.3. The van der Waals surface area contributed by atoms with Crippen LogP contribution in [0.5, 0.6) is 5.75 Å². The zero-order chi connectivity index (χ0) is 9.30. The van der Waals surface area contributed by atoms with E-state index in [1.54, 1.807) is 22.6 Å². The maximum atomic E-state index is 10.3. The lowest BCUT2D eigenvalue weighted by Crippen LogP contribution is -1.89. The van der Waals surface area contributed by atoms with Crippen LogP contribution in [0.1, 0.15) is 0 Å². The highest BCUT2D eigenvalue weighted by atomic mass is 127. The largest absolute Gasteiger partial charge is 0.501 e. The lowest BCUT2D eigenvalue weighted by Gasteiger charge is -1.98. The first-order valence-corrected chi connectivity index (χ1v) is 4.30. The first-order valence-electron chi connectivity index (χ1n) is 2.85. The first-order chi connectivity index (χ1) is 5.52. The molecule has 1 rings (SSSR count). The van der Waals surface area contributed by atoms with Gasteiger partial charge in [0.2, 0.25) is 5.75 Å². The van der Waals surface area contributed by atoms with Crippen LogP contribution in [0.25, 0.3) is 0 Å². The summed E-state index contributed by atoms with van der Waals surface area (Å²) in [5.41, 5.74) is -0.369. The van der Waals surface area contributed by atoms with Gasteiger partial charge in [0.05, 0.1) is 8.49 Å². The smallest absolute Gasteiger partial charge is 0.313 e. The molecule has 0 unspecified atom stereocenters. The van der Waals surface area contributed by atoms with Crippen molar-refractivity contribution in [1.82, 2.24) is 0 Å². The predicted molar refractivity (Wildman–Crippen MR) is 52.5 cm³/mol. The van der Waals surface area contributed by atoms with Crippen molar-refractivity contribution in [3.05, 3.63) is 30.8 Å². The summed E-state index contributed by atoms with van der Waals surface area (Å²) >= 11 is 7.32. The van der Waals surface area contributed by atoms with Gasteiger partial charge in [-0.2, -0.15) is 0 Å². The minimum atomic E-state index is -0.677. The van der Waals surface area contributed by atoms with E-state index in [-0.39, 0.29) is 16.5 Å². The van der Waals surface area contributed by atoms with Crippen LogP contribution >= 0.6 is 34.2 Å². The summed E-state index contributed by atoms with van der Waals surface area (Å²) < 4.78 is 0.367. The number of hydrogen-bond acceptors (Lipinski definition) is 3. The zero-order valence-corrected chi connectivity index (χ0v) is 8.53. The van der Waals surface area contributed by atoms with Crippen molar-refractivity contribution in [2.45, 2.75) is 0 Å². The van der Waals surface area contributed by atoms with E-state index >= 15 is 0 Å². The van der Waals surface area contributed by atoms with Gasteiger partial charge in [-0.15, -0.1) is 0 Å². The molecule has 64 valence electrons. The fourth-order valence-electron chi connectivity index (χ4n) is 0.692. The summed E-state index contributed by atoms with van der Waals surface area (Å²) in [6, 6.07) is 2.56. The van der Waals surface area contributed by atoms with Crippen LogP contribution in [0.2, 0.25) is 5.02 Å². The van der Waals surface area contributed by atoms with E-state index in [0.29, 0.717) is 3.57 Å². The van der Waals surface area contributed by atoms with Gasteiger partial charge < -0.3 is 5.11 Å². The summed E-state index contributed by atoms with van der Waals surface area (Å²) in [6.07, 6.45) is 0. The van der Waals surface area contributed by atoms with E-state index in [0.717, 1.165) is 6.07 Å². The molecule has 0 heterocycles. The fraction of sp³-hybridized carbons (Fsp3) is 0. The van der Waals surface area contributed by atoms with E-state index in [4.69, 9.17) is 11.6 Å². The van der Waals surface area contributed by atoms with E-state index < -0.39 is 4.92 Å². The number of nitro benzene ring substituents is 1. The van der Waals surface area contributed by atoms with Crippen molar-refractivity contribution in [1.29, 1.82) is 0 Å². The highest BCUT2D eigenvalue weighted by molar-refractivity contribution is 14.1. The average Bonchev–Trinajstić information content (AvgIpc) is 1.96. The van der Waals surface area contributed by atoms with Crippen LogP contribution in [0.3, 0.4) is 0 Å². The van der Waals surface area contributed by atoms with Crippen LogP contribution in [-0.4, -0.2) is 10.0 Å². The lowest BCUT2D eigenvalue weighted by molar-refractivity contribution is -0.385. The van der Waals surface area contributed by atoms with Gasteiger partial charge in [0, 0.05) is 11.1 Å². The second-order valence-electron chi connectivity index (χ2n) is 2.01. The number of phenolic OH excluding ortho intramolecular Hbond substituents is 1. The number of halogens is 2. The summed E-state index contributed by atoms with van der Waals surface area (Å²) in [6.45, 7) is 0. The molecule has 0 spiro atoms. The van der Waals surface area contributed by atoms with Crippen LogP contribution < -0.4 is 0 Å². The average molecular weight is 299 g/mol. The highest BCUT2D eigenvalue weighted by Gasteiger charge is 2.16. The number of benzene rings is 1. The molecular formula is C6H3ClINO3. The Morgan fingerprint density at radius 2 is 2.17 bits per heavy atom. The third-order valence-corrected chi connectivity index (χ3v) is 2.25. The third-order valence-electron chi connectivity index (χ3n) is 1.20. The van der Waals surface area contributed by atoms with Crippen LogP contribution in [0.4, 0.5) is 5.69 Å². The van der Waals surface area contributed by atoms with Gasteiger partial charge in [-0.3, -0.25) is 10.1 Å².